The summed E-state index contributed by atoms with van der Waals surface area (Å²) in [6.45, 7) is 5.36. The van der Waals surface area contributed by atoms with E-state index in [-0.39, 0.29) is 11.5 Å². The Labute approximate surface area is 174 Å². The number of benzene rings is 2. The van der Waals surface area contributed by atoms with Crippen LogP contribution in [0.3, 0.4) is 0 Å². The van der Waals surface area contributed by atoms with E-state index in [1.807, 2.05) is 25.1 Å². The number of carbonyl (C=O) groups is 1. The van der Waals surface area contributed by atoms with E-state index in [9.17, 15) is 13.2 Å². The summed E-state index contributed by atoms with van der Waals surface area (Å²) in [5.74, 6) is 0.901. The minimum atomic E-state index is -3.15. The second kappa shape index (κ2) is 9.12. The molecule has 0 atom stereocenters. The number of aryl methyl sites for hydroxylation is 1. The minimum Gasteiger partial charge on any atom is -0.490 e. The summed E-state index contributed by atoms with van der Waals surface area (Å²) in [6.07, 6.45) is 5.34. The number of Topliss-reactive ketones (excluding diaryl/α,β-unsaturated/α-hetero) is 1. The van der Waals surface area contributed by atoms with Gasteiger partial charge in [-0.15, -0.1) is 0 Å². The average molecular weight is 415 g/mol. The highest BCUT2D eigenvalue weighted by Gasteiger charge is 2.18. The Kier molecular flexibility index (Phi) is 6.78. The Morgan fingerprint density at radius 1 is 1.07 bits per heavy atom. The van der Waals surface area contributed by atoms with Crippen molar-refractivity contribution in [3.63, 3.8) is 0 Å². The van der Waals surface area contributed by atoms with Crippen LogP contribution < -0.4 is 4.74 Å². The van der Waals surface area contributed by atoms with Crippen LogP contribution in [0.15, 0.2) is 42.5 Å². The molecule has 29 heavy (non-hydrogen) atoms. The van der Waals surface area contributed by atoms with Crippen LogP contribution in [0.25, 0.3) is 0 Å². The van der Waals surface area contributed by atoms with Gasteiger partial charge in [0.2, 0.25) is 0 Å². The second-order valence-electron chi connectivity index (χ2n) is 8.27. The topological polar surface area (TPSA) is 60.4 Å². The van der Waals surface area contributed by atoms with Crippen molar-refractivity contribution < 1.29 is 17.9 Å². The van der Waals surface area contributed by atoms with E-state index in [0.717, 1.165) is 29.7 Å². The third kappa shape index (κ3) is 5.69. The first-order valence-electron chi connectivity index (χ1n) is 10.3. The number of ketones is 1. The molecule has 0 amide bonds. The highest BCUT2D eigenvalue weighted by molar-refractivity contribution is 7.91. The summed E-state index contributed by atoms with van der Waals surface area (Å²) in [7, 11) is -3.15. The van der Waals surface area contributed by atoms with Gasteiger partial charge in [-0.1, -0.05) is 30.3 Å². The van der Waals surface area contributed by atoms with Gasteiger partial charge in [0, 0.05) is 12.0 Å². The average Bonchev–Trinajstić information content (AvgIpc) is 3.17. The van der Waals surface area contributed by atoms with Crippen LogP contribution >= 0.6 is 0 Å². The van der Waals surface area contributed by atoms with Crippen molar-refractivity contribution in [3.05, 3.63) is 64.7 Å². The zero-order valence-corrected chi connectivity index (χ0v) is 18.3. The molecule has 0 spiro atoms. The molecule has 2 aromatic carbocycles. The largest absolute Gasteiger partial charge is 0.490 e. The summed E-state index contributed by atoms with van der Waals surface area (Å²) in [5.41, 5.74) is 3.34. The Morgan fingerprint density at radius 2 is 1.72 bits per heavy atom. The number of carbonyl (C=O) groups excluding carboxylic acids is 1. The van der Waals surface area contributed by atoms with Gasteiger partial charge in [0.05, 0.1) is 17.1 Å². The Morgan fingerprint density at radius 3 is 2.31 bits per heavy atom. The van der Waals surface area contributed by atoms with Crippen LogP contribution in [0.2, 0.25) is 0 Å². The van der Waals surface area contributed by atoms with Crippen molar-refractivity contribution in [1.82, 2.24) is 0 Å². The lowest BCUT2D eigenvalue weighted by Gasteiger charge is -2.15. The molecule has 0 aromatic heterocycles. The molecule has 0 aliphatic heterocycles. The van der Waals surface area contributed by atoms with Crippen LogP contribution in [-0.2, 0) is 22.0 Å². The van der Waals surface area contributed by atoms with Gasteiger partial charge < -0.3 is 4.74 Å². The third-order valence-corrected chi connectivity index (χ3v) is 7.80. The number of hydrogen-bond donors (Lipinski definition) is 0. The van der Waals surface area contributed by atoms with E-state index < -0.39 is 15.1 Å². The van der Waals surface area contributed by atoms with Crippen molar-refractivity contribution in [2.75, 3.05) is 0 Å². The highest BCUT2D eigenvalue weighted by atomic mass is 32.2. The van der Waals surface area contributed by atoms with Gasteiger partial charge in [-0.2, -0.15) is 0 Å². The number of ether oxygens (including phenoxy) is 1. The summed E-state index contributed by atoms with van der Waals surface area (Å²) in [4.78, 5) is 12.7. The van der Waals surface area contributed by atoms with Gasteiger partial charge in [0.15, 0.2) is 15.6 Å². The molecule has 0 radical (unpaired) electrons. The second-order valence-corrected chi connectivity index (χ2v) is 10.8. The standard InChI is InChI=1S/C24H30O4S/c1-17(2)29(26,27)16-19-8-10-20(11-9-19)24(25)15-21-12-13-23(14-18(21)3)28-22-6-4-5-7-22/h8-14,17,22H,4-7,15-16H2,1-3H3. The maximum atomic E-state index is 12.7. The maximum absolute atomic E-state index is 12.7. The van der Waals surface area contributed by atoms with Crippen molar-refractivity contribution in [2.24, 2.45) is 0 Å². The molecule has 1 saturated carbocycles. The van der Waals surface area contributed by atoms with Crippen LogP contribution in [-0.4, -0.2) is 25.6 Å². The summed E-state index contributed by atoms with van der Waals surface area (Å²) >= 11 is 0. The van der Waals surface area contributed by atoms with E-state index in [1.54, 1.807) is 38.1 Å². The minimum absolute atomic E-state index is 0.000696. The lowest BCUT2D eigenvalue weighted by atomic mass is 9.98. The molecular formula is C24H30O4S. The lowest BCUT2D eigenvalue weighted by Crippen LogP contribution is -2.16. The van der Waals surface area contributed by atoms with Crippen LogP contribution in [0.4, 0.5) is 0 Å². The zero-order valence-electron chi connectivity index (χ0n) is 17.5. The van der Waals surface area contributed by atoms with Crippen molar-refractivity contribution in [1.29, 1.82) is 0 Å². The van der Waals surface area contributed by atoms with Gasteiger partial charge >= 0.3 is 0 Å². The fourth-order valence-corrected chi connectivity index (χ4v) is 4.59. The van der Waals surface area contributed by atoms with Gasteiger partial charge in [-0.25, -0.2) is 8.42 Å². The lowest BCUT2D eigenvalue weighted by molar-refractivity contribution is 0.0992. The first-order chi connectivity index (χ1) is 13.7. The predicted octanol–water partition coefficient (Wildman–Crippen LogP) is 5.07. The van der Waals surface area contributed by atoms with Crippen molar-refractivity contribution in [2.45, 2.75) is 70.0 Å². The van der Waals surface area contributed by atoms with E-state index >= 15 is 0 Å². The van der Waals surface area contributed by atoms with E-state index in [2.05, 4.69) is 0 Å². The summed E-state index contributed by atoms with van der Waals surface area (Å²) < 4.78 is 30.1. The smallest absolute Gasteiger partial charge is 0.167 e. The molecule has 0 saturated heterocycles. The molecule has 3 rings (SSSR count). The molecule has 4 nitrogen and oxygen atoms in total. The first-order valence-corrected chi connectivity index (χ1v) is 12.1. The van der Waals surface area contributed by atoms with Crippen LogP contribution in [0, 0.1) is 6.92 Å². The molecule has 2 aromatic rings. The Balaban J connectivity index is 1.63. The van der Waals surface area contributed by atoms with E-state index in [1.165, 1.54) is 12.8 Å². The molecule has 156 valence electrons. The molecule has 1 aliphatic carbocycles. The predicted molar refractivity (Wildman–Crippen MR) is 116 cm³/mol. The Bertz CT molecular complexity index is 953. The number of sulfone groups is 1. The molecule has 1 aliphatic rings. The SMILES string of the molecule is Cc1cc(OC2CCCC2)ccc1CC(=O)c1ccc(CS(=O)(=O)C(C)C)cc1. The van der Waals surface area contributed by atoms with Crippen LogP contribution in [0.1, 0.15) is 66.6 Å². The zero-order chi connectivity index (χ0) is 21.0. The van der Waals surface area contributed by atoms with Gasteiger partial charge in [-0.3, -0.25) is 4.79 Å². The van der Waals surface area contributed by atoms with E-state index in [0.29, 0.717) is 23.7 Å². The molecular weight excluding hydrogens is 384 g/mol. The van der Waals surface area contributed by atoms with Crippen LogP contribution in [0.5, 0.6) is 5.75 Å². The molecule has 0 bridgehead atoms. The molecule has 0 N–H and O–H groups in total. The third-order valence-electron chi connectivity index (χ3n) is 5.63. The summed E-state index contributed by atoms with van der Waals surface area (Å²) in [6, 6.07) is 12.9. The van der Waals surface area contributed by atoms with Gasteiger partial charge in [0.1, 0.15) is 5.75 Å². The maximum Gasteiger partial charge on any atom is 0.167 e. The Hall–Kier alpha value is -2.14. The summed E-state index contributed by atoms with van der Waals surface area (Å²) in [5, 5.41) is -0.410. The fourth-order valence-electron chi connectivity index (χ4n) is 3.60. The quantitative estimate of drug-likeness (QED) is 0.566. The number of hydrogen-bond acceptors (Lipinski definition) is 4. The molecule has 5 heteroatoms. The first kappa shape index (κ1) is 21.6. The normalized spacial score (nSPS) is 15.0. The van der Waals surface area contributed by atoms with Gasteiger partial charge in [-0.05, 0) is 75.3 Å². The fraction of sp³-hybridized carbons (Fsp3) is 0.458. The molecule has 0 heterocycles. The van der Waals surface area contributed by atoms with Gasteiger partial charge in [0.25, 0.3) is 0 Å². The van der Waals surface area contributed by atoms with Crippen molar-refractivity contribution in [3.8, 4) is 5.75 Å². The molecule has 1 fully saturated rings. The van der Waals surface area contributed by atoms with Crippen molar-refractivity contribution >= 4 is 15.6 Å². The molecule has 0 unspecified atom stereocenters. The highest BCUT2D eigenvalue weighted by Crippen LogP contribution is 2.26. The number of rotatable bonds is 8. The monoisotopic (exact) mass is 414 g/mol. The van der Waals surface area contributed by atoms with E-state index in [4.69, 9.17) is 4.74 Å².